The van der Waals surface area contributed by atoms with E-state index in [0.29, 0.717) is 28.0 Å². The number of aromatic nitrogens is 2. The quantitative estimate of drug-likeness (QED) is 0.446. The molecule has 0 fully saturated rings. The van der Waals surface area contributed by atoms with E-state index in [9.17, 15) is 13.6 Å². The molecule has 0 spiro atoms. The molecule has 5 nitrogen and oxygen atoms in total. The van der Waals surface area contributed by atoms with Crippen molar-refractivity contribution in [1.29, 1.82) is 0 Å². The molecule has 3 N–H and O–H groups in total. The lowest BCUT2D eigenvalue weighted by atomic mass is 9.99. The molecule has 1 atom stereocenters. The minimum Gasteiger partial charge on any atom is -0.412 e. The predicted molar refractivity (Wildman–Crippen MR) is 128 cm³/mol. The number of hydrogen-bond acceptors (Lipinski definition) is 2. The van der Waals surface area contributed by atoms with Crippen molar-refractivity contribution in [2.24, 2.45) is 0 Å². The van der Waals surface area contributed by atoms with Crippen LogP contribution in [0.2, 0.25) is 0 Å². The molecule has 0 bridgehead atoms. The molecule has 2 heterocycles. The molecule has 1 aliphatic carbocycles. The van der Waals surface area contributed by atoms with Crippen LogP contribution in [0.4, 0.5) is 8.78 Å². The lowest BCUT2D eigenvalue weighted by Crippen LogP contribution is -2.29. The summed E-state index contributed by atoms with van der Waals surface area (Å²) < 4.78 is 30.9. The van der Waals surface area contributed by atoms with Crippen LogP contribution in [0.15, 0.2) is 54.6 Å². The molecule has 0 radical (unpaired) electrons. The molecule has 1 aliphatic rings. The third-order valence-electron chi connectivity index (χ3n) is 6.45. The lowest BCUT2D eigenvalue weighted by Gasteiger charge is -2.18. The van der Waals surface area contributed by atoms with Crippen molar-refractivity contribution >= 4 is 11.4 Å². The smallest absolute Gasteiger partial charge is 0.253 e. The number of carbonyl (C=O) groups excluding carboxylic acids is 1. The van der Waals surface area contributed by atoms with Crippen molar-refractivity contribution in [2.45, 2.75) is 45.6 Å². The Balaban J connectivity index is 0.00000274. The Morgan fingerprint density at radius 1 is 1.03 bits per heavy atom. The first-order valence-electron chi connectivity index (χ1n) is 11.2. The third-order valence-corrected chi connectivity index (χ3v) is 6.45. The lowest BCUT2D eigenvalue weighted by molar-refractivity contribution is 0.0934. The normalized spacial score (nSPS) is 14.8. The Bertz CT molecular complexity index is 1370. The largest absolute Gasteiger partial charge is 0.412 e. The highest BCUT2D eigenvalue weighted by Crippen LogP contribution is 2.35. The molecule has 0 aliphatic heterocycles. The van der Waals surface area contributed by atoms with Gasteiger partial charge < -0.3 is 10.8 Å². The van der Waals surface area contributed by atoms with Gasteiger partial charge in [0.1, 0.15) is 11.6 Å². The number of carbonyl (C=O) groups is 1. The molecule has 1 amide bonds. The highest BCUT2D eigenvalue weighted by Gasteiger charge is 2.27. The zero-order chi connectivity index (χ0) is 23.3. The third kappa shape index (κ3) is 3.76. The number of benzene rings is 2. The minimum absolute atomic E-state index is 0. The molecule has 4 aromatic rings. The number of rotatable bonds is 4. The van der Waals surface area contributed by atoms with Crippen molar-refractivity contribution < 1.29 is 19.1 Å². The van der Waals surface area contributed by atoms with Gasteiger partial charge in [-0.3, -0.25) is 4.79 Å². The fourth-order valence-electron chi connectivity index (χ4n) is 4.98. The molecule has 176 valence electrons. The van der Waals surface area contributed by atoms with E-state index < -0.39 is 11.6 Å². The summed E-state index contributed by atoms with van der Waals surface area (Å²) in [6.07, 6.45) is 1.80. The van der Waals surface area contributed by atoms with Gasteiger partial charge in [-0.2, -0.15) is 5.10 Å². The maximum atomic E-state index is 14.6. The summed E-state index contributed by atoms with van der Waals surface area (Å²) in [5.74, 6) is -1.49. The Kier molecular flexibility index (Phi) is 6.23. The number of fused-ring (bicyclic) bond motifs is 2. The average molecular weight is 464 g/mol. The van der Waals surface area contributed by atoms with Gasteiger partial charge in [0.15, 0.2) is 0 Å². The summed E-state index contributed by atoms with van der Waals surface area (Å²) in [6.45, 7) is 5.70. The van der Waals surface area contributed by atoms with Gasteiger partial charge in [0.2, 0.25) is 0 Å². The summed E-state index contributed by atoms with van der Waals surface area (Å²) in [4.78, 5) is 13.4. The first-order chi connectivity index (χ1) is 15.9. The van der Waals surface area contributed by atoms with Crippen molar-refractivity contribution in [2.75, 3.05) is 0 Å². The molecule has 0 saturated heterocycles. The van der Waals surface area contributed by atoms with Crippen LogP contribution < -0.4 is 5.32 Å². The van der Waals surface area contributed by atoms with E-state index in [1.165, 1.54) is 23.8 Å². The van der Waals surface area contributed by atoms with Crippen LogP contribution in [0.3, 0.4) is 0 Å². The van der Waals surface area contributed by atoms with Gasteiger partial charge in [-0.05, 0) is 61.1 Å². The molecule has 5 rings (SSSR count). The zero-order valence-corrected chi connectivity index (χ0v) is 19.3. The minimum atomic E-state index is -0.638. The molecule has 0 unspecified atom stereocenters. The van der Waals surface area contributed by atoms with E-state index in [-0.39, 0.29) is 28.9 Å². The number of amides is 1. The monoisotopic (exact) mass is 463 g/mol. The predicted octanol–water partition coefficient (Wildman–Crippen LogP) is 5.30. The summed E-state index contributed by atoms with van der Waals surface area (Å²) in [5, 5.41) is 7.79. The van der Waals surface area contributed by atoms with E-state index in [2.05, 4.69) is 22.5 Å². The fourth-order valence-corrected chi connectivity index (χ4v) is 4.98. The van der Waals surface area contributed by atoms with Gasteiger partial charge in [-0.15, -0.1) is 0 Å². The van der Waals surface area contributed by atoms with Crippen LogP contribution in [0.5, 0.6) is 0 Å². The molecule has 0 saturated carbocycles. The summed E-state index contributed by atoms with van der Waals surface area (Å²) in [6, 6.07) is 15.4. The standard InChI is InChI=1S/C27H25F2N3O.H2O/c1-15(2)26-19(27(33)30-22-13-11-17-7-4-5-8-18(17)22)12-14-23-24(16(3)31-32(23)26)25-20(28)9-6-10-21(25)29;/h4-10,12,14-15,22H,11,13H2,1-3H3,(H,30,33);1H2/t22-;/m0./s1. The second-order valence-corrected chi connectivity index (χ2v) is 8.90. The number of pyridine rings is 1. The second-order valence-electron chi connectivity index (χ2n) is 8.90. The van der Waals surface area contributed by atoms with Crippen molar-refractivity contribution in [3.8, 4) is 11.1 Å². The number of halogens is 2. The van der Waals surface area contributed by atoms with Crippen LogP contribution in [0.1, 0.15) is 65.1 Å². The molecule has 2 aromatic heterocycles. The van der Waals surface area contributed by atoms with E-state index >= 15 is 0 Å². The molecule has 7 heteroatoms. The van der Waals surface area contributed by atoms with Crippen LogP contribution >= 0.6 is 0 Å². The zero-order valence-electron chi connectivity index (χ0n) is 19.3. The van der Waals surface area contributed by atoms with Gasteiger partial charge in [0.25, 0.3) is 5.91 Å². The van der Waals surface area contributed by atoms with Gasteiger partial charge in [-0.1, -0.05) is 44.2 Å². The average Bonchev–Trinajstić information content (AvgIpc) is 3.33. The number of hydrogen-bond donors (Lipinski definition) is 1. The molecular weight excluding hydrogens is 436 g/mol. The summed E-state index contributed by atoms with van der Waals surface area (Å²) in [5.41, 5.74) is 5.04. The van der Waals surface area contributed by atoms with E-state index in [4.69, 9.17) is 0 Å². The SMILES string of the molecule is Cc1nn2c(C(C)C)c(C(=O)N[C@H]3CCc4ccccc43)ccc2c1-c1c(F)cccc1F.O. The topological polar surface area (TPSA) is 77.9 Å². The fraction of sp³-hybridized carbons (Fsp3) is 0.259. The Hall–Kier alpha value is -3.58. The van der Waals surface area contributed by atoms with Crippen LogP contribution in [-0.4, -0.2) is 21.0 Å². The van der Waals surface area contributed by atoms with Crippen LogP contribution in [0.25, 0.3) is 16.6 Å². The van der Waals surface area contributed by atoms with Crippen molar-refractivity contribution in [3.63, 3.8) is 0 Å². The van der Waals surface area contributed by atoms with Gasteiger partial charge in [0, 0.05) is 5.56 Å². The number of aryl methyl sites for hydroxylation is 2. The summed E-state index contributed by atoms with van der Waals surface area (Å²) >= 11 is 0. The van der Waals surface area contributed by atoms with Crippen LogP contribution in [-0.2, 0) is 6.42 Å². The van der Waals surface area contributed by atoms with Gasteiger partial charge in [0.05, 0.1) is 34.1 Å². The van der Waals surface area contributed by atoms with Gasteiger partial charge in [-0.25, -0.2) is 13.3 Å². The maximum Gasteiger partial charge on any atom is 0.253 e. The van der Waals surface area contributed by atoms with Gasteiger partial charge >= 0.3 is 0 Å². The van der Waals surface area contributed by atoms with E-state index in [1.54, 1.807) is 23.6 Å². The highest BCUT2D eigenvalue weighted by molar-refractivity contribution is 5.97. The van der Waals surface area contributed by atoms with Crippen LogP contribution in [0, 0.1) is 18.6 Å². The Labute approximate surface area is 196 Å². The summed E-state index contributed by atoms with van der Waals surface area (Å²) in [7, 11) is 0. The first-order valence-corrected chi connectivity index (χ1v) is 11.2. The number of nitrogens with one attached hydrogen (secondary N) is 1. The van der Waals surface area contributed by atoms with Crippen molar-refractivity contribution in [3.05, 3.63) is 94.3 Å². The van der Waals surface area contributed by atoms with E-state index in [1.807, 2.05) is 26.0 Å². The van der Waals surface area contributed by atoms with Crippen molar-refractivity contribution in [1.82, 2.24) is 14.9 Å². The molecule has 34 heavy (non-hydrogen) atoms. The molecule has 2 aromatic carbocycles. The first kappa shape index (κ1) is 23.6. The molecular formula is C27H27F2N3O2. The second kappa shape index (κ2) is 8.99. The van der Waals surface area contributed by atoms with E-state index in [0.717, 1.165) is 18.4 Å². The number of nitrogens with zero attached hydrogens (tertiary/aromatic N) is 2. The Morgan fingerprint density at radius 3 is 2.44 bits per heavy atom. The Morgan fingerprint density at radius 2 is 1.74 bits per heavy atom. The maximum absolute atomic E-state index is 14.6. The highest BCUT2D eigenvalue weighted by atomic mass is 19.1.